The van der Waals surface area contributed by atoms with Crippen molar-refractivity contribution in [3.8, 4) is 0 Å². The van der Waals surface area contributed by atoms with Crippen LogP contribution < -0.4 is 0 Å². The topological polar surface area (TPSA) is 0 Å². The molecule has 0 aliphatic rings. The van der Waals surface area contributed by atoms with Crippen molar-refractivity contribution in [2.45, 2.75) is 13.8 Å². The molecule has 0 bridgehead atoms. The van der Waals surface area contributed by atoms with E-state index in [0.717, 1.165) is 0 Å². The van der Waals surface area contributed by atoms with Gasteiger partial charge in [-0.15, -0.1) is 0 Å². The Morgan fingerprint density at radius 1 is 0.833 bits per heavy atom. The summed E-state index contributed by atoms with van der Waals surface area (Å²) in [5.74, 6) is 0. The van der Waals surface area contributed by atoms with Gasteiger partial charge in [0.2, 0.25) is 0 Å². The minimum Gasteiger partial charge on any atom is -0.0870 e. The molecule has 0 atom stereocenters. The highest BCUT2D eigenvalue weighted by molar-refractivity contribution is 5.64. The SMILES string of the molecule is C/C=C\c1ccccc1/C=C/C. The summed E-state index contributed by atoms with van der Waals surface area (Å²) in [7, 11) is 0. The molecule has 12 heavy (non-hydrogen) atoms. The van der Waals surface area contributed by atoms with E-state index in [0.29, 0.717) is 0 Å². The first kappa shape index (κ1) is 8.79. The summed E-state index contributed by atoms with van der Waals surface area (Å²) in [5, 5.41) is 0. The Morgan fingerprint density at radius 3 is 1.58 bits per heavy atom. The van der Waals surface area contributed by atoms with Crippen molar-refractivity contribution < 1.29 is 0 Å². The van der Waals surface area contributed by atoms with Crippen LogP contribution in [-0.4, -0.2) is 0 Å². The Bertz CT molecular complexity index is 262. The van der Waals surface area contributed by atoms with E-state index in [1.54, 1.807) is 0 Å². The molecule has 62 valence electrons. The molecular formula is C12H14. The van der Waals surface area contributed by atoms with Gasteiger partial charge >= 0.3 is 0 Å². The predicted octanol–water partition coefficient (Wildman–Crippen LogP) is 3.75. The summed E-state index contributed by atoms with van der Waals surface area (Å²) in [6.07, 6.45) is 8.36. The van der Waals surface area contributed by atoms with Crippen LogP contribution in [0.2, 0.25) is 0 Å². The van der Waals surface area contributed by atoms with E-state index in [4.69, 9.17) is 0 Å². The molecule has 1 rings (SSSR count). The van der Waals surface area contributed by atoms with Crippen molar-refractivity contribution in [3.63, 3.8) is 0 Å². The zero-order chi connectivity index (χ0) is 8.81. The molecular weight excluding hydrogens is 144 g/mol. The van der Waals surface area contributed by atoms with E-state index in [2.05, 4.69) is 48.6 Å². The first-order valence-electron chi connectivity index (χ1n) is 4.23. The lowest BCUT2D eigenvalue weighted by molar-refractivity contribution is 1.59. The highest BCUT2D eigenvalue weighted by Crippen LogP contribution is 2.12. The van der Waals surface area contributed by atoms with Gasteiger partial charge in [0.25, 0.3) is 0 Å². The summed E-state index contributed by atoms with van der Waals surface area (Å²) < 4.78 is 0. The third kappa shape index (κ3) is 2.09. The second-order valence-corrected chi connectivity index (χ2v) is 2.63. The van der Waals surface area contributed by atoms with Gasteiger partial charge in [-0.3, -0.25) is 0 Å². The minimum absolute atomic E-state index is 1.28. The molecule has 0 nitrogen and oxygen atoms in total. The summed E-state index contributed by atoms with van der Waals surface area (Å²) >= 11 is 0. The molecule has 0 aliphatic heterocycles. The van der Waals surface area contributed by atoms with E-state index in [1.165, 1.54) is 11.1 Å². The number of allylic oxidation sites excluding steroid dienone is 2. The molecule has 0 saturated heterocycles. The third-order valence-corrected chi connectivity index (χ3v) is 1.69. The fraction of sp³-hybridized carbons (Fsp3) is 0.167. The smallest absolute Gasteiger partial charge is 0.0187 e. The van der Waals surface area contributed by atoms with Crippen LogP contribution in [0.15, 0.2) is 36.4 Å². The second-order valence-electron chi connectivity index (χ2n) is 2.63. The van der Waals surface area contributed by atoms with Crippen LogP contribution in [0.3, 0.4) is 0 Å². The first-order chi connectivity index (χ1) is 5.88. The first-order valence-corrected chi connectivity index (χ1v) is 4.23. The number of rotatable bonds is 2. The maximum Gasteiger partial charge on any atom is -0.0187 e. The number of hydrogen-bond donors (Lipinski definition) is 0. The monoisotopic (exact) mass is 158 g/mol. The minimum atomic E-state index is 1.28. The average molecular weight is 158 g/mol. The maximum absolute atomic E-state index is 2.12. The van der Waals surface area contributed by atoms with Gasteiger partial charge < -0.3 is 0 Å². The molecule has 0 amide bonds. The van der Waals surface area contributed by atoms with Crippen molar-refractivity contribution in [2.24, 2.45) is 0 Å². The predicted molar refractivity (Wildman–Crippen MR) is 55.9 cm³/mol. The lowest BCUT2D eigenvalue weighted by Gasteiger charge is -1.98. The van der Waals surface area contributed by atoms with Crippen LogP contribution in [0, 0.1) is 0 Å². The van der Waals surface area contributed by atoms with Crippen molar-refractivity contribution in [1.29, 1.82) is 0 Å². The summed E-state index contributed by atoms with van der Waals surface area (Å²) in [6, 6.07) is 8.36. The lowest BCUT2D eigenvalue weighted by Crippen LogP contribution is -1.77. The molecule has 0 fully saturated rings. The van der Waals surface area contributed by atoms with E-state index >= 15 is 0 Å². The Morgan fingerprint density at radius 2 is 1.25 bits per heavy atom. The standard InChI is InChI=1S/C12H14/c1-3-7-11-9-5-6-10-12(11)8-4-2/h3-10H,1-2H3/b7-3-,8-4+. The van der Waals surface area contributed by atoms with Gasteiger partial charge in [-0.05, 0) is 25.0 Å². The summed E-state index contributed by atoms with van der Waals surface area (Å²) in [5.41, 5.74) is 2.55. The van der Waals surface area contributed by atoms with Crippen LogP contribution in [-0.2, 0) is 0 Å². The summed E-state index contributed by atoms with van der Waals surface area (Å²) in [6.45, 7) is 4.07. The van der Waals surface area contributed by atoms with E-state index in [-0.39, 0.29) is 0 Å². The summed E-state index contributed by atoms with van der Waals surface area (Å²) in [4.78, 5) is 0. The highest BCUT2D eigenvalue weighted by atomic mass is 14.0. The Hall–Kier alpha value is -1.30. The van der Waals surface area contributed by atoms with Crippen LogP contribution in [0.1, 0.15) is 25.0 Å². The fourth-order valence-corrected chi connectivity index (χ4v) is 1.17. The molecule has 0 radical (unpaired) electrons. The van der Waals surface area contributed by atoms with Gasteiger partial charge in [0.05, 0.1) is 0 Å². The molecule has 0 saturated carbocycles. The molecule has 0 heterocycles. The van der Waals surface area contributed by atoms with Crippen LogP contribution in [0.5, 0.6) is 0 Å². The molecule has 0 unspecified atom stereocenters. The quantitative estimate of drug-likeness (QED) is 0.615. The molecule has 1 aromatic rings. The van der Waals surface area contributed by atoms with Crippen LogP contribution in [0.25, 0.3) is 12.2 Å². The maximum atomic E-state index is 2.12. The zero-order valence-corrected chi connectivity index (χ0v) is 7.62. The van der Waals surface area contributed by atoms with E-state index in [1.807, 2.05) is 13.8 Å². The third-order valence-electron chi connectivity index (χ3n) is 1.69. The molecule has 0 heteroatoms. The van der Waals surface area contributed by atoms with Crippen molar-refractivity contribution >= 4 is 12.2 Å². The normalized spacial score (nSPS) is 11.5. The second kappa shape index (κ2) is 4.55. The molecule has 0 N–H and O–H groups in total. The van der Waals surface area contributed by atoms with Gasteiger partial charge in [0.1, 0.15) is 0 Å². The van der Waals surface area contributed by atoms with Gasteiger partial charge in [0, 0.05) is 0 Å². The van der Waals surface area contributed by atoms with Gasteiger partial charge in [-0.1, -0.05) is 48.6 Å². The molecule has 0 spiro atoms. The van der Waals surface area contributed by atoms with Gasteiger partial charge in [0.15, 0.2) is 0 Å². The molecule has 1 aromatic carbocycles. The van der Waals surface area contributed by atoms with E-state index in [9.17, 15) is 0 Å². The fourth-order valence-electron chi connectivity index (χ4n) is 1.17. The van der Waals surface area contributed by atoms with Crippen LogP contribution in [0.4, 0.5) is 0 Å². The molecule has 0 aromatic heterocycles. The lowest BCUT2D eigenvalue weighted by atomic mass is 10.1. The Kier molecular flexibility index (Phi) is 3.34. The van der Waals surface area contributed by atoms with Crippen molar-refractivity contribution in [3.05, 3.63) is 47.5 Å². The van der Waals surface area contributed by atoms with Crippen molar-refractivity contribution in [2.75, 3.05) is 0 Å². The number of hydrogen-bond acceptors (Lipinski definition) is 0. The van der Waals surface area contributed by atoms with Crippen LogP contribution >= 0.6 is 0 Å². The highest BCUT2D eigenvalue weighted by Gasteiger charge is 1.91. The van der Waals surface area contributed by atoms with Gasteiger partial charge in [-0.2, -0.15) is 0 Å². The van der Waals surface area contributed by atoms with Gasteiger partial charge in [-0.25, -0.2) is 0 Å². The van der Waals surface area contributed by atoms with Crippen molar-refractivity contribution in [1.82, 2.24) is 0 Å². The average Bonchev–Trinajstić information content (AvgIpc) is 2.09. The largest absolute Gasteiger partial charge is 0.0870 e. The zero-order valence-electron chi connectivity index (χ0n) is 7.62. The molecule has 0 aliphatic carbocycles. The Labute approximate surface area is 74.2 Å². The Balaban J connectivity index is 3.08. The number of benzene rings is 1. The van der Waals surface area contributed by atoms with E-state index < -0.39 is 0 Å².